The molecule has 18 nitrogen and oxygen atoms in total. The van der Waals surface area contributed by atoms with Crippen LogP contribution < -0.4 is 15.5 Å². The number of fused-ring (bicyclic) bond motifs is 1. The van der Waals surface area contributed by atoms with Crippen LogP contribution in [-0.2, 0) is 44.4 Å². The number of amides is 4. The van der Waals surface area contributed by atoms with Crippen LogP contribution in [0.4, 0.5) is 11.4 Å². The monoisotopic (exact) mass is 1080 g/mol. The standard InChI is InChI=1S/C60H83N7O11/c1-64(27-28-66-25-20-47(21-26-66)59(70)65(2)29-30-73-33-34-75-37-38-77-41-42-78-40-39-76-36-35-74-32-31-72-3)60(71)50-14-9-13-48(43-50)57(68)63-55-18-17-51(67-23-7-4-8-24-67)45-53(55)56-44-49(19-22-61-56)58(69)62-54-16-10-12-46-11-5-6-15-52(46)54/h5-6,9,11,13-15,17-19,22,43-45,47,54H,4,7-8,10,12,16,20-21,23-42H2,1-3H3,(H,62,69)(H,63,68)/t54-/m0/s1. The highest BCUT2D eigenvalue weighted by atomic mass is 16.6. The number of nitrogens with one attached hydrogen (secondary N) is 2. The number of benzene rings is 3. The molecule has 2 aliphatic heterocycles. The predicted octanol–water partition coefficient (Wildman–Crippen LogP) is 6.79. The van der Waals surface area contributed by atoms with E-state index in [9.17, 15) is 19.2 Å². The van der Waals surface area contributed by atoms with E-state index in [4.69, 9.17) is 38.1 Å². The third-order valence-corrected chi connectivity index (χ3v) is 14.6. The number of likely N-dealkylation sites (N-methyl/N-ethyl adjacent to an activating group) is 2. The Morgan fingerprint density at radius 1 is 0.603 bits per heavy atom. The van der Waals surface area contributed by atoms with Crippen molar-refractivity contribution >= 4 is 35.0 Å². The van der Waals surface area contributed by atoms with E-state index in [1.165, 1.54) is 17.5 Å². The van der Waals surface area contributed by atoms with E-state index in [1.807, 2.05) is 31.3 Å². The molecular weight excluding hydrogens is 995 g/mol. The minimum Gasteiger partial charge on any atom is -0.382 e. The number of nitrogens with zero attached hydrogens (tertiary/aromatic N) is 5. The highest BCUT2D eigenvalue weighted by Crippen LogP contribution is 2.34. The topological polar surface area (TPSA) is 183 Å². The van der Waals surface area contributed by atoms with Gasteiger partial charge in [0, 0.05) is 94.0 Å². The number of hydrogen-bond donors (Lipinski definition) is 2. The summed E-state index contributed by atoms with van der Waals surface area (Å²) in [5.74, 6) is -0.652. The Kier molecular flexibility index (Phi) is 25.3. The van der Waals surface area contributed by atoms with E-state index in [0.717, 1.165) is 76.8 Å². The molecule has 0 saturated carbocycles. The summed E-state index contributed by atoms with van der Waals surface area (Å²) in [7, 11) is 5.24. The zero-order valence-corrected chi connectivity index (χ0v) is 46.3. The van der Waals surface area contributed by atoms with Crippen LogP contribution in [-0.4, -0.2) is 196 Å². The molecule has 1 atom stereocenters. The first-order chi connectivity index (χ1) is 38.2. The molecule has 2 fully saturated rings. The van der Waals surface area contributed by atoms with Crippen molar-refractivity contribution in [2.45, 2.75) is 57.4 Å². The molecule has 1 aliphatic carbocycles. The number of rotatable bonds is 32. The summed E-state index contributed by atoms with van der Waals surface area (Å²) in [5, 5.41) is 6.39. The van der Waals surface area contributed by atoms with Gasteiger partial charge in [0.2, 0.25) is 5.91 Å². The number of piperidine rings is 2. The van der Waals surface area contributed by atoms with Crippen LogP contribution >= 0.6 is 0 Å². The number of aromatic nitrogens is 1. The van der Waals surface area contributed by atoms with Gasteiger partial charge in [-0.25, -0.2) is 0 Å². The Morgan fingerprint density at radius 2 is 1.23 bits per heavy atom. The average molecular weight is 1080 g/mol. The van der Waals surface area contributed by atoms with Crippen molar-refractivity contribution in [1.82, 2.24) is 25.0 Å². The lowest BCUT2D eigenvalue weighted by Gasteiger charge is -2.34. The van der Waals surface area contributed by atoms with Crippen LogP contribution in [0.5, 0.6) is 0 Å². The van der Waals surface area contributed by atoms with Crippen LogP contribution in [0, 0.1) is 5.92 Å². The summed E-state index contributed by atoms with van der Waals surface area (Å²) in [6.07, 6.45) is 9.44. The van der Waals surface area contributed by atoms with Gasteiger partial charge in [0.25, 0.3) is 17.7 Å². The van der Waals surface area contributed by atoms with Gasteiger partial charge in [-0.2, -0.15) is 0 Å². The molecule has 4 amide bonds. The van der Waals surface area contributed by atoms with Crippen molar-refractivity contribution in [2.24, 2.45) is 5.92 Å². The van der Waals surface area contributed by atoms with Gasteiger partial charge in [-0.1, -0.05) is 30.3 Å². The van der Waals surface area contributed by atoms with Gasteiger partial charge in [0.05, 0.1) is 103 Å². The highest BCUT2D eigenvalue weighted by Gasteiger charge is 2.28. The molecular formula is C60H83N7O11. The summed E-state index contributed by atoms with van der Waals surface area (Å²) >= 11 is 0. The number of likely N-dealkylation sites (tertiary alicyclic amines) is 1. The van der Waals surface area contributed by atoms with Gasteiger partial charge >= 0.3 is 0 Å². The number of carbonyl (C=O) groups is 4. The van der Waals surface area contributed by atoms with E-state index in [1.54, 1.807) is 66.6 Å². The molecule has 7 rings (SSSR count). The van der Waals surface area contributed by atoms with Crippen molar-refractivity contribution in [3.63, 3.8) is 0 Å². The van der Waals surface area contributed by atoms with Crippen molar-refractivity contribution < 1.29 is 52.3 Å². The Hall–Kier alpha value is -5.83. The highest BCUT2D eigenvalue weighted by molar-refractivity contribution is 6.08. The second kappa shape index (κ2) is 32.9. The van der Waals surface area contributed by atoms with Gasteiger partial charge in [-0.3, -0.25) is 24.2 Å². The second-order valence-electron chi connectivity index (χ2n) is 20.1. The van der Waals surface area contributed by atoms with E-state index in [0.29, 0.717) is 139 Å². The van der Waals surface area contributed by atoms with Crippen LogP contribution in [0.3, 0.4) is 0 Å². The van der Waals surface area contributed by atoms with Gasteiger partial charge < -0.3 is 63.4 Å². The van der Waals surface area contributed by atoms with Crippen LogP contribution in [0.25, 0.3) is 11.3 Å². The maximum absolute atomic E-state index is 14.1. The first kappa shape index (κ1) is 59.8. The third kappa shape index (κ3) is 18.9. The Morgan fingerprint density at radius 3 is 1.91 bits per heavy atom. The van der Waals surface area contributed by atoms with Crippen molar-refractivity contribution in [2.75, 3.05) is 163 Å². The molecule has 3 aromatic carbocycles. The van der Waals surface area contributed by atoms with Crippen LogP contribution in [0.1, 0.15) is 93.2 Å². The summed E-state index contributed by atoms with van der Waals surface area (Å²) in [4.78, 5) is 67.8. The molecule has 0 unspecified atom stereocenters. The summed E-state index contributed by atoms with van der Waals surface area (Å²) in [5.41, 5.74) is 6.54. The van der Waals surface area contributed by atoms with Gasteiger partial charge in [-0.15, -0.1) is 0 Å². The van der Waals surface area contributed by atoms with Crippen LogP contribution in [0.2, 0.25) is 0 Å². The molecule has 2 N–H and O–H groups in total. The quantitative estimate of drug-likeness (QED) is 0.0488. The largest absolute Gasteiger partial charge is 0.382 e. The lowest BCUT2D eigenvalue weighted by atomic mass is 9.87. The van der Waals surface area contributed by atoms with E-state index in [-0.39, 0.29) is 35.6 Å². The summed E-state index contributed by atoms with van der Waals surface area (Å²) in [6, 6.07) is 24.5. The molecule has 18 heteroatoms. The second-order valence-corrected chi connectivity index (χ2v) is 20.1. The van der Waals surface area contributed by atoms with Crippen LogP contribution in [0.15, 0.2) is 85.1 Å². The minimum absolute atomic E-state index is 0.0557. The smallest absolute Gasteiger partial charge is 0.255 e. The molecule has 3 aliphatic rings. The number of hydrogen-bond acceptors (Lipinski definition) is 14. The molecule has 0 radical (unpaired) electrons. The van der Waals surface area contributed by atoms with Gasteiger partial charge in [-0.05, 0) is 124 Å². The molecule has 0 spiro atoms. The van der Waals surface area contributed by atoms with Crippen molar-refractivity contribution in [3.8, 4) is 11.3 Å². The molecule has 2 saturated heterocycles. The fourth-order valence-electron chi connectivity index (χ4n) is 10.0. The first-order valence-electron chi connectivity index (χ1n) is 28.0. The fraction of sp³-hybridized carbons (Fsp3) is 0.550. The number of anilines is 2. The molecule has 1 aromatic heterocycles. The maximum atomic E-state index is 14.1. The lowest BCUT2D eigenvalue weighted by molar-refractivity contribution is -0.136. The van der Waals surface area contributed by atoms with Crippen molar-refractivity contribution in [3.05, 3.63) is 113 Å². The number of aryl methyl sites for hydroxylation is 1. The zero-order chi connectivity index (χ0) is 54.7. The van der Waals surface area contributed by atoms with Gasteiger partial charge in [0.15, 0.2) is 0 Å². The van der Waals surface area contributed by atoms with E-state index < -0.39 is 0 Å². The third-order valence-electron chi connectivity index (χ3n) is 14.6. The minimum atomic E-state index is -0.364. The molecule has 0 bridgehead atoms. The summed E-state index contributed by atoms with van der Waals surface area (Å²) in [6.45, 7) is 11.5. The van der Waals surface area contributed by atoms with E-state index >= 15 is 0 Å². The number of ether oxygens (including phenoxy) is 7. The first-order valence-corrected chi connectivity index (χ1v) is 28.0. The van der Waals surface area contributed by atoms with E-state index in [2.05, 4.69) is 38.6 Å². The normalized spacial score (nSPS) is 15.9. The Balaban J connectivity index is 0.803. The van der Waals surface area contributed by atoms with Gasteiger partial charge in [0.1, 0.15) is 0 Å². The molecule has 78 heavy (non-hydrogen) atoms. The lowest BCUT2D eigenvalue weighted by Crippen LogP contribution is -2.44. The fourth-order valence-corrected chi connectivity index (χ4v) is 10.0. The Bertz CT molecular complexity index is 2480. The molecule has 4 aromatic rings. The number of carbonyl (C=O) groups excluding carboxylic acids is 4. The average Bonchev–Trinajstić information content (AvgIpc) is 3.54. The zero-order valence-electron chi connectivity index (χ0n) is 46.3. The molecule has 3 heterocycles. The Labute approximate surface area is 461 Å². The predicted molar refractivity (Wildman–Crippen MR) is 300 cm³/mol. The molecule has 424 valence electrons. The van der Waals surface area contributed by atoms with Crippen molar-refractivity contribution in [1.29, 1.82) is 0 Å². The SMILES string of the molecule is COCCOCCOCCOCCOCCOCCOCCN(C)C(=O)C1CCN(CCN(C)C(=O)c2cccc(C(=O)Nc3ccc(N4CCCCC4)cc3-c3cc(C(=O)N[C@H]4CCCc5ccccc54)ccn3)c2)CC1. The number of pyridine rings is 1. The maximum Gasteiger partial charge on any atom is 0.255 e. The summed E-state index contributed by atoms with van der Waals surface area (Å²) < 4.78 is 38.1. The number of methoxy groups -OCH3 is 1.